The van der Waals surface area contributed by atoms with E-state index >= 15 is 0 Å². The quantitative estimate of drug-likeness (QED) is 0.521. The summed E-state index contributed by atoms with van der Waals surface area (Å²) in [6, 6.07) is 9.97. The molecule has 0 saturated carbocycles. The monoisotopic (exact) mass is 423 g/mol. The van der Waals surface area contributed by atoms with Crippen LogP contribution in [0.4, 0.5) is 0 Å². The Kier molecular flexibility index (Phi) is 8.18. The van der Waals surface area contributed by atoms with E-state index < -0.39 is 6.10 Å². The lowest BCUT2D eigenvalue weighted by Crippen LogP contribution is -2.30. The third-order valence-corrected chi connectivity index (χ3v) is 5.12. The molecule has 0 fully saturated rings. The van der Waals surface area contributed by atoms with Crippen LogP contribution in [0.1, 0.15) is 30.6 Å². The second-order valence-electron chi connectivity index (χ2n) is 6.25. The van der Waals surface area contributed by atoms with Crippen molar-refractivity contribution in [3.63, 3.8) is 0 Å². The Morgan fingerprint density at radius 2 is 1.86 bits per heavy atom. The van der Waals surface area contributed by atoms with Crippen molar-refractivity contribution in [2.24, 2.45) is 0 Å². The van der Waals surface area contributed by atoms with Crippen molar-refractivity contribution < 1.29 is 19.7 Å². The summed E-state index contributed by atoms with van der Waals surface area (Å²) in [5.74, 6) is 0.169. The van der Waals surface area contributed by atoms with Gasteiger partial charge in [-0.05, 0) is 42.2 Å². The molecule has 0 aliphatic heterocycles. The van der Waals surface area contributed by atoms with E-state index in [1.54, 1.807) is 36.4 Å². The number of rotatable bonds is 9. The molecule has 1 amide bonds. The minimum atomic E-state index is -0.910. The topological polar surface area (TPSA) is 78.8 Å². The standard InChI is InChI=1S/C21H23Cl2NO4/c1-3-13(2)21(27)16-8-9-17(20(23)19(16)22)28-12-18(26)24-11-10-14-4-6-15(25)7-5-14/h4-9,21,25,27H,2-3,10-12H2,1H3,(H,24,26). The highest BCUT2D eigenvalue weighted by molar-refractivity contribution is 6.43. The molecule has 0 saturated heterocycles. The minimum Gasteiger partial charge on any atom is -0.508 e. The van der Waals surface area contributed by atoms with E-state index in [4.69, 9.17) is 27.9 Å². The highest BCUT2D eigenvalue weighted by Gasteiger charge is 2.19. The molecule has 0 bridgehead atoms. The SMILES string of the molecule is C=C(CC)C(O)c1ccc(OCC(=O)NCCc2ccc(O)cc2)c(Cl)c1Cl. The van der Waals surface area contributed by atoms with Crippen LogP contribution in [0.5, 0.6) is 11.5 Å². The van der Waals surface area contributed by atoms with Gasteiger partial charge in [-0.2, -0.15) is 0 Å². The molecule has 0 aliphatic rings. The van der Waals surface area contributed by atoms with Crippen LogP contribution in [0.2, 0.25) is 10.0 Å². The van der Waals surface area contributed by atoms with Gasteiger partial charge in [-0.3, -0.25) is 4.79 Å². The van der Waals surface area contributed by atoms with Crippen LogP contribution in [0.25, 0.3) is 0 Å². The number of halogens is 2. The lowest BCUT2D eigenvalue weighted by atomic mass is 10.0. The average Bonchev–Trinajstić information content (AvgIpc) is 2.69. The van der Waals surface area contributed by atoms with E-state index in [2.05, 4.69) is 11.9 Å². The Labute approximate surface area is 174 Å². The first-order chi connectivity index (χ1) is 13.3. The Hall–Kier alpha value is -2.21. The summed E-state index contributed by atoms with van der Waals surface area (Å²) in [7, 11) is 0. The third kappa shape index (κ3) is 5.89. The average molecular weight is 424 g/mol. The highest BCUT2D eigenvalue weighted by Crippen LogP contribution is 2.39. The Morgan fingerprint density at radius 1 is 1.18 bits per heavy atom. The van der Waals surface area contributed by atoms with Crippen LogP contribution < -0.4 is 10.1 Å². The van der Waals surface area contributed by atoms with E-state index in [1.807, 2.05) is 6.92 Å². The van der Waals surface area contributed by atoms with Crippen LogP contribution >= 0.6 is 23.2 Å². The van der Waals surface area contributed by atoms with Crippen LogP contribution in [0, 0.1) is 0 Å². The van der Waals surface area contributed by atoms with Gasteiger partial charge in [0.1, 0.15) is 22.6 Å². The van der Waals surface area contributed by atoms with Crippen molar-refractivity contribution in [3.05, 3.63) is 69.7 Å². The number of aliphatic hydroxyl groups is 1. The number of carbonyl (C=O) groups is 1. The van der Waals surface area contributed by atoms with Gasteiger partial charge >= 0.3 is 0 Å². The molecule has 0 aliphatic carbocycles. The number of carbonyl (C=O) groups excluding carboxylic acids is 1. The minimum absolute atomic E-state index is 0.138. The van der Waals surface area contributed by atoms with Gasteiger partial charge in [0, 0.05) is 12.1 Å². The van der Waals surface area contributed by atoms with Crippen molar-refractivity contribution >= 4 is 29.1 Å². The molecule has 2 aromatic carbocycles. The summed E-state index contributed by atoms with van der Waals surface area (Å²) in [4.78, 5) is 12.0. The van der Waals surface area contributed by atoms with E-state index in [0.29, 0.717) is 30.5 Å². The Morgan fingerprint density at radius 3 is 2.50 bits per heavy atom. The first-order valence-electron chi connectivity index (χ1n) is 8.84. The van der Waals surface area contributed by atoms with E-state index in [-0.39, 0.29) is 34.1 Å². The van der Waals surface area contributed by atoms with Crippen molar-refractivity contribution in [3.8, 4) is 11.5 Å². The number of phenolic OH excluding ortho intramolecular Hbond substituents is 1. The van der Waals surface area contributed by atoms with Crippen molar-refractivity contribution in [1.29, 1.82) is 0 Å². The molecule has 3 N–H and O–H groups in total. The summed E-state index contributed by atoms with van der Waals surface area (Å²) in [5, 5.41) is 22.6. The Bertz CT molecular complexity index is 837. The maximum atomic E-state index is 12.0. The molecule has 0 radical (unpaired) electrons. The van der Waals surface area contributed by atoms with Gasteiger partial charge in [0.15, 0.2) is 6.61 Å². The van der Waals surface area contributed by atoms with E-state index in [1.165, 1.54) is 0 Å². The lowest BCUT2D eigenvalue weighted by Gasteiger charge is -2.17. The summed E-state index contributed by atoms with van der Waals surface area (Å²) >= 11 is 12.5. The predicted octanol–water partition coefficient (Wildman–Crippen LogP) is 4.44. The first kappa shape index (κ1) is 22.1. The fourth-order valence-electron chi connectivity index (χ4n) is 2.49. The number of phenols is 1. The zero-order valence-electron chi connectivity index (χ0n) is 15.5. The fourth-order valence-corrected chi connectivity index (χ4v) is 2.97. The molecule has 2 aromatic rings. The molecular formula is C21H23Cl2NO4. The number of hydrogen-bond acceptors (Lipinski definition) is 4. The van der Waals surface area contributed by atoms with Crippen LogP contribution in [-0.4, -0.2) is 29.3 Å². The molecule has 7 heteroatoms. The second-order valence-corrected chi connectivity index (χ2v) is 7.01. The molecule has 150 valence electrons. The van der Waals surface area contributed by atoms with Gasteiger partial charge in [-0.25, -0.2) is 0 Å². The number of aliphatic hydroxyl groups excluding tert-OH is 1. The van der Waals surface area contributed by atoms with Gasteiger partial charge in [-0.15, -0.1) is 0 Å². The molecule has 2 rings (SSSR count). The lowest BCUT2D eigenvalue weighted by molar-refractivity contribution is -0.123. The zero-order valence-corrected chi connectivity index (χ0v) is 17.1. The summed E-state index contributed by atoms with van der Waals surface area (Å²) < 4.78 is 5.45. The smallest absolute Gasteiger partial charge is 0.257 e. The molecule has 0 aromatic heterocycles. The van der Waals surface area contributed by atoms with Crippen LogP contribution in [0.15, 0.2) is 48.6 Å². The number of hydrogen-bond donors (Lipinski definition) is 3. The molecule has 0 spiro atoms. The van der Waals surface area contributed by atoms with E-state index in [9.17, 15) is 15.0 Å². The van der Waals surface area contributed by atoms with Crippen LogP contribution in [0.3, 0.4) is 0 Å². The number of aromatic hydroxyl groups is 1. The zero-order chi connectivity index (χ0) is 20.7. The number of ether oxygens (including phenoxy) is 1. The molecule has 28 heavy (non-hydrogen) atoms. The maximum absolute atomic E-state index is 12.0. The van der Waals surface area contributed by atoms with Crippen molar-refractivity contribution in [2.45, 2.75) is 25.9 Å². The molecule has 5 nitrogen and oxygen atoms in total. The molecule has 1 unspecified atom stereocenters. The summed E-state index contributed by atoms with van der Waals surface area (Å²) in [6.07, 6.45) is 0.330. The third-order valence-electron chi connectivity index (χ3n) is 4.24. The van der Waals surface area contributed by atoms with Gasteiger partial charge in [-0.1, -0.05) is 54.9 Å². The summed E-state index contributed by atoms with van der Waals surface area (Å²) in [6.45, 7) is 5.92. The number of amides is 1. The predicted molar refractivity (Wildman–Crippen MR) is 111 cm³/mol. The normalized spacial score (nSPS) is 11.7. The number of benzene rings is 2. The number of nitrogens with one attached hydrogen (secondary N) is 1. The van der Waals surface area contributed by atoms with E-state index in [0.717, 1.165) is 5.56 Å². The Balaban J connectivity index is 1.87. The summed E-state index contributed by atoms with van der Waals surface area (Å²) in [5.41, 5.74) is 2.07. The van der Waals surface area contributed by atoms with Gasteiger partial charge in [0.2, 0.25) is 0 Å². The fraction of sp³-hybridized carbons (Fsp3) is 0.286. The van der Waals surface area contributed by atoms with Gasteiger partial charge in [0.25, 0.3) is 5.91 Å². The van der Waals surface area contributed by atoms with Crippen LogP contribution in [-0.2, 0) is 11.2 Å². The second kappa shape index (κ2) is 10.4. The van der Waals surface area contributed by atoms with Gasteiger partial charge < -0.3 is 20.3 Å². The molecule has 1 atom stereocenters. The highest BCUT2D eigenvalue weighted by atomic mass is 35.5. The van der Waals surface area contributed by atoms with Crippen molar-refractivity contribution in [1.82, 2.24) is 5.32 Å². The molecular weight excluding hydrogens is 401 g/mol. The largest absolute Gasteiger partial charge is 0.508 e. The maximum Gasteiger partial charge on any atom is 0.257 e. The molecule has 0 heterocycles. The van der Waals surface area contributed by atoms with Gasteiger partial charge in [0.05, 0.1) is 5.02 Å². The first-order valence-corrected chi connectivity index (χ1v) is 9.60. The van der Waals surface area contributed by atoms with Crippen molar-refractivity contribution in [2.75, 3.05) is 13.2 Å².